The van der Waals surface area contributed by atoms with Gasteiger partial charge >= 0.3 is 5.97 Å². The Bertz CT molecular complexity index is 2380. The zero-order valence-electron chi connectivity index (χ0n) is 27.4. The average Bonchev–Trinajstić information content (AvgIpc) is 3.38. The van der Waals surface area contributed by atoms with Crippen LogP contribution in [-0.4, -0.2) is 38.1 Å². The fourth-order valence-electron chi connectivity index (χ4n) is 5.46. The maximum absolute atomic E-state index is 14.4. The molecule has 1 aliphatic heterocycles. The van der Waals surface area contributed by atoms with E-state index >= 15 is 0 Å². The number of hydrogen-bond donors (Lipinski definition) is 1. The van der Waals surface area contributed by atoms with Crippen LogP contribution in [0.5, 0.6) is 5.75 Å². The predicted octanol–water partition coefficient (Wildman–Crippen LogP) is 5.17. The van der Waals surface area contributed by atoms with Crippen molar-refractivity contribution in [3.8, 4) is 5.75 Å². The Morgan fingerprint density at radius 2 is 1.84 bits per heavy atom. The minimum absolute atomic E-state index is 0.0583. The number of carbonyl (C=O) groups excluding carboxylic acids is 1. The summed E-state index contributed by atoms with van der Waals surface area (Å²) in [5.41, 5.74) is 1.72. The molecule has 3 aromatic carbocycles. The predicted molar refractivity (Wildman–Crippen MR) is 190 cm³/mol. The molecule has 14 heteroatoms. The molecule has 0 aliphatic carbocycles. The highest BCUT2D eigenvalue weighted by Gasteiger charge is 2.35. The van der Waals surface area contributed by atoms with Gasteiger partial charge in [0.2, 0.25) is 0 Å². The van der Waals surface area contributed by atoms with Crippen LogP contribution in [0.4, 0.5) is 5.69 Å². The Kier molecular flexibility index (Phi) is 9.93. The first-order valence-electron chi connectivity index (χ1n) is 15.6. The first-order valence-corrected chi connectivity index (χ1v) is 17.2. The maximum atomic E-state index is 14.4. The van der Waals surface area contributed by atoms with Gasteiger partial charge in [-0.25, -0.2) is 14.8 Å². The van der Waals surface area contributed by atoms with Crippen LogP contribution in [0.25, 0.3) is 11.8 Å². The molecule has 0 amide bonds. The molecule has 1 N–H and O–H groups in total. The Labute approximate surface area is 293 Å². The molecule has 0 fully saturated rings. The van der Waals surface area contributed by atoms with Crippen molar-refractivity contribution in [3.05, 3.63) is 147 Å². The van der Waals surface area contributed by atoms with E-state index < -0.39 is 22.5 Å². The molecular formula is C36H31N5O7S2. The molecule has 1 atom stereocenters. The number of rotatable bonds is 10. The lowest BCUT2D eigenvalue weighted by atomic mass is 9.93. The minimum atomic E-state index is -0.920. The van der Waals surface area contributed by atoms with Crippen LogP contribution in [0.1, 0.15) is 49.2 Å². The molecule has 12 nitrogen and oxygen atoms in total. The number of H-pyrrole nitrogens is 1. The molecule has 0 unspecified atom stereocenters. The molecule has 6 rings (SSSR count). The van der Waals surface area contributed by atoms with E-state index in [-0.39, 0.29) is 39.2 Å². The second-order valence-corrected chi connectivity index (χ2v) is 13.5. The van der Waals surface area contributed by atoms with Crippen molar-refractivity contribution in [2.24, 2.45) is 4.99 Å². The van der Waals surface area contributed by atoms with Crippen molar-refractivity contribution in [3.63, 3.8) is 0 Å². The number of thiazole rings is 1. The van der Waals surface area contributed by atoms with Crippen molar-refractivity contribution in [1.82, 2.24) is 14.5 Å². The topological polar surface area (TPSA) is 159 Å². The molecule has 0 spiro atoms. The molecule has 3 heterocycles. The molecule has 0 radical (unpaired) electrons. The second-order valence-electron chi connectivity index (χ2n) is 11.4. The third-order valence-corrected chi connectivity index (χ3v) is 9.45. The number of aromatic nitrogens is 3. The van der Waals surface area contributed by atoms with E-state index in [1.54, 1.807) is 50.3 Å². The standard InChI is InChI=1S/C36H31N5O7S2/c1-5-47-34(44)30-31(22-9-7-6-8-10-22)39-36-40(32(30)23-11-14-26(15-12-23)48-20(2)3)33(43)28(50-36)19-24-18-25(41(45)46)13-16-27(24)49-35-37-21(4)17-29(42)38-35/h6-20,32H,5H2,1-4H3,(H,37,38,42)/b28-19-/t32-/m0/s1. The van der Waals surface area contributed by atoms with Gasteiger partial charge in [-0.3, -0.25) is 24.3 Å². The zero-order chi connectivity index (χ0) is 35.5. The molecular weight excluding hydrogens is 679 g/mol. The van der Waals surface area contributed by atoms with Crippen LogP contribution < -0.4 is 25.2 Å². The average molecular weight is 710 g/mol. The van der Waals surface area contributed by atoms with Crippen LogP contribution in [0.15, 0.2) is 109 Å². The number of non-ortho nitro benzene ring substituents is 1. The third kappa shape index (κ3) is 7.21. The quantitative estimate of drug-likeness (QED) is 0.0893. The number of carbonyl (C=O) groups is 1. The number of nitro benzene ring substituents is 1. The first kappa shape index (κ1) is 34.3. The highest BCUT2D eigenvalue weighted by atomic mass is 32.2. The molecule has 1 aliphatic rings. The largest absolute Gasteiger partial charge is 0.491 e. The van der Waals surface area contributed by atoms with Crippen LogP contribution in [0, 0.1) is 17.0 Å². The number of esters is 1. The molecule has 50 heavy (non-hydrogen) atoms. The highest BCUT2D eigenvalue weighted by molar-refractivity contribution is 7.99. The summed E-state index contributed by atoms with van der Waals surface area (Å²) < 4.78 is 13.1. The molecule has 2 aromatic heterocycles. The highest BCUT2D eigenvalue weighted by Crippen LogP contribution is 2.36. The van der Waals surface area contributed by atoms with E-state index in [0.29, 0.717) is 43.5 Å². The number of ether oxygens (including phenoxy) is 2. The monoisotopic (exact) mass is 709 g/mol. The lowest BCUT2D eigenvalue weighted by molar-refractivity contribution is -0.384. The molecule has 0 saturated heterocycles. The van der Waals surface area contributed by atoms with Crippen LogP contribution in [0.2, 0.25) is 0 Å². The summed E-state index contributed by atoms with van der Waals surface area (Å²) in [5.74, 6) is 0.00941. The number of nitrogens with one attached hydrogen (secondary N) is 1. The number of hydrogen-bond acceptors (Lipinski definition) is 11. The SMILES string of the molecule is CCOC(=O)C1=C(c2ccccc2)N=c2s/c(=C\c3cc([N+](=O)[O-])ccc3Sc3nc(C)cc(=O)[nH]3)c(=O)n2[C@H]1c1ccc(OC(C)C)cc1. The van der Waals surface area contributed by atoms with Crippen molar-refractivity contribution in [2.75, 3.05) is 6.61 Å². The van der Waals surface area contributed by atoms with Crippen LogP contribution >= 0.6 is 23.1 Å². The van der Waals surface area contributed by atoms with Crippen LogP contribution in [-0.2, 0) is 9.53 Å². The maximum Gasteiger partial charge on any atom is 0.338 e. The van der Waals surface area contributed by atoms with Crippen molar-refractivity contribution >= 4 is 46.5 Å². The number of nitrogens with zero attached hydrogens (tertiary/aromatic N) is 4. The first-order chi connectivity index (χ1) is 24.0. The van der Waals surface area contributed by atoms with Gasteiger partial charge in [0, 0.05) is 34.4 Å². The van der Waals surface area contributed by atoms with Gasteiger partial charge in [0.05, 0.1) is 39.5 Å². The van der Waals surface area contributed by atoms with Gasteiger partial charge in [0.15, 0.2) is 9.96 Å². The van der Waals surface area contributed by atoms with Gasteiger partial charge in [-0.2, -0.15) is 0 Å². The number of fused-ring (bicyclic) bond motifs is 1. The number of benzene rings is 3. The van der Waals surface area contributed by atoms with E-state index in [1.165, 1.54) is 22.8 Å². The van der Waals surface area contributed by atoms with Crippen molar-refractivity contribution in [2.45, 2.75) is 49.9 Å². The second kappa shape index (κ2) is 14.5. The third-order valence-electron chi connectivity index (χ3n) is 7.49. The Morgan fingerprint density at radius 3 is 2.50 bits per heavy atom. The fraction of sp³-hybridized carbons (Fsp3) is 0.194. The molecule has 0 saturated carbocycles. The summed E-state index contributed by atoms with van der Waals surface area (Å²) in [7, 11) is 0. The van der Waals surface area contributed by atoms with Crippen LogP contribution in [0.3, 0.4) is 0 Å². The molecule has 254 valence electrons. The lowest BCUT2D eigenvalue weighted by Gasteiger charge is -2.26. The molecule has 0 bridgehead atoms. The summed E-state index contributed by atoms with van der Waals surface area (Å²) in [6, 6.07) is 21.1. The van der Waals surface area contributed by atoms with Crippen molar-refractivity contribution < 1.29 is 19.2 Å². The van der Waals surface area contributed by atoms with E-state index in [4.69, 9.17) is 14.5 Å². The van der Waals surface area contributed by atoms with E-state index in [2.05, 4.69) is 9.97 Å². The van der Waals surface area contributed by atoms with Gasteiger partial charge in [0.1, 0.15) is 5.75 Å². The van der Waals surface area contributed by atoms with E-state index in [9.17, 15) is 24.5 Å². The summed E-state index contributed by atoms with van der Waals surface area (Å²) >= 11 is 2.19. The van der Waals surface area contributed by atoms with Crippen molar-refractivity contribution in [1.29, 1.82) is 0 Å². The van der Waals surface area contributed by atoms with Gasteiger partial charge in [-0.1, -0.05) is 65.6 Å². The fourth-order valence-corrected chi connectivity index (χ4v) is 7.37. The number of aromatic amines is 1. The minimum Gasteiger partial charge on any atom is -0.491 e. The normalized spacial score (nSPS) is 14.3. The van der Waals surface area contributed by atoms with E-state index in [1.807, 2.05) is 44.2 Å². The summed E-state index contributed by atoms with van der Waals surface area (Å²) in [6.45, 7) is 7.34. The lowest BCUT2D eigenvalue weighted by Crippen LogP contribution is -2.40. The van der Waals surface area contributed by atoms with Gasteiger partial charge in [-0.15, -0.1) is 0 Å². The Morgan fingerprint density at radius 1 is 1.10 bits per heavy atom. The van der Waals surface area contributed by atoms with Gasteiger partial charge in [0.25, 0.3) is 16.8 Å². The summed E-state index contributed by atoms with van der Waals surface area (Å²) in [4.78, 5) is 64.4. The Hall–Kier alpha value is -5.60. The van der Waals surface area contributed by atoms with Gasteiger partial charge in [-0.05, 0) is 63.1 Å². The summed E-state index contributed by atoms with van der Waals surface area (Å²) in [6.07, 6.45) is 1.50. The number of aryl methyl sites for hydroxylation is 1. The van der Waals surface area contributed by atoms with E-state index in [0.717, 1.165) is 23.1 Å². The molecule has 5 aromatic rings. The summed E-state index contributed by atoms with van der Waals surface area (Å²) in [5, 5.41) is 12.1. The Balaban J connectivity index is 1.59. The van der Waals surface area contributed by atoms with Gasteiger partial charge < -0.3 is 14.5 Å². The number of nitro groups is 1. The zero-order valence-corrected chi connectivity index (χ0v) is 29.0. The smallest absolute Gasteiger partial charge is 0.338 e.